The zero-order valence-electron chi connectivity index (χ0n) is 18.5. The van der Waals surface area contributed by atoms with E-state index >= 15 is 0 Å². The van der Waals surface area contributed by atoms with E-state index in [2.05, 4.69) is 50.0 Å². The quantitative estimate of drug-likeness (QED) is 0.673. The second-order valence-corrected chi connectivity index (χ2v) is 8.19. The molecule has 4 rings (SSSR count). The van der Waals surface area contributed by atoms with Gasteiger partial charge in [-0.3, -0.25) is 14.7 Å². The molecule has 1 atom stereocenters. The summed E-state index contributed by atoms with van der Waals surface area (Å²) in [7, 11) is 0. The van der Waals surface area contributed by atoms with Gasteiger partial charge in [0.2, 0.25) is 5.91 Å². The number of piperazine rings is 1. The van der Waals surface area contributed by atoms with Crippen LogP contribution in [0.2, 0.25) is 0 Å². The number of benzene rings is 1. The largest absolute Gasteiger partial charge is 0.473 e. The number of carboxylic acid groups (broad SMARTS) is 2. The molecule has 2 saturated heterocycles. The van der Waals surface area contributed by atoms with Crippen molar-refractivity contribution >= 4 is 23.5 Å². The zero-order valence-corrected chi connectivity index (χ0v) is 18.5. The van der Waals surface area contributed by atoms with E-state index < -0.39 is 11.9 Å². The first-order valence-corrected chi connectivity index (χ1v) is 11.1. The number of pyridine rings is 1. The Labute approximate surface area is 193 Å². The van der Waals surface area contributed by atoms with Gasteiger partial charge in [0.25, 0.3) is 0 Å². The Bertz CT molecular complexity index is 905. The Morgan fingerprint density at radius 2 is 1.61 bits per heavy atom. The molecule has 176 valence electrons. The van der Waals surface area contributed by atoms with Crippen LogP contribution in [-0.2, 0) is 20.9 Å². The van der Waals surface area contributed by atoms with Gasteiger partial charge in [-0.05, 0) is 43.1 Å². The number of carbonyl (C=O) groups excluding carboxylic acids is 1. The van der Waals surface area contributed by atoms with Crippen molar-refractivity contribution in [2.75, 3.05) is 44.2 Å². The number of nitrogens with zero attached hydrogens (tertiary/aromatic N) is 4. The molecule has 1 amide bonds. The van der Waals surface area contributed by atoms with E-state index in [0.717, 1.165) is 58.7 Å². The molecule has 1 aromatic carbocycles. The van der Waals surface area contributed by atoms with E-state index in [9.17, 15) is 4.79 Å². The molecule has 0 saturated carbocycles. The molecule has 2 N–H and O–H groups in total. The van der Waals surface area contributed by atoms with Crippen LogP contribution in [-0.4, -0.2) is 82.1 Å². The fourth-order valence-electron chi connectivity index (χ4n) is 4.23. The molecule has 0 bridgehead atoms. The van der Waals surface area contributed by atoms with Gasteiger partial charge in [0, 0.05) is 57.3 Å². The number of piperidine rings is 1. The molecule has 2 aliphatic rings. The number of likely N-dealkylation sites (tertiary alicyclic amines) is 1. The van der Waals surface area contributed by atoms with Crippen molar-refractivity contribution in [3.63, 3.8) is 0 Å². The topological polar surface area (TPSA) is 114 Å². The Kier molecular flexibility index (Phi) is 8.77. The lowest BCUT2D eigenvalue weighted by Gasteiger charge is -2.39. The summed E-state index contributed by atoms with van der Waals surface area (Å²) in [5, 5.41) is 14.8. The Morgan fingerprint density at radius 3 is 2.21 bits per heavy atom. The van der Waals surface area contributed by atoms with Crippen molar-refractivity contribution in [2.24, 2.45) is 5.92 Å². The third-order valence-corrected chi connectivity index (χ3v) is 5.88. The minimum Gasteiger partial charge on any atom is -0.473 e. The molecule has 9 heteroatoms. The average Bonchev–Trinajstić information content (AvgIpc) is 2.85. The van der Waals surface area contributed by atoms with Crippen LogP contribution in [0.15, 0.2) is 54.9 Å². The normalized spacial score (nSPS) is 18.7. The van der Waals surface area contributed by atoms with E-state index in [1.807, 2.05) is 18.3 Å². The van der Waals surface area contributed by atoms with Crippen LogP contribution in [0.5, 0.6) is 0 Å². The van der Waals surface area contributed by atoms with Crippen molar-refractivity contribution < 1.29 is 24.6 Å². The van der Waals surface area contributed by atoms with Gasteiger partial charge in [0.15, 0.2) is 0 Å². The van der Waals surface area contributed by atoms with Gasteiger partial charge < -0.3 is 20.0 Å². The van der Waals surface area contributed by atoms with Crippen LogP contribution < -0.4 is 4.90 Å². The van der Waals surface area contributed by atoms with Gasteiger partial charge in [-0.25, -0.2) is 9.59 Å². The first-order valence-electron chi connectivity index (χ1n) is 11.1. The maximum Gasteiger partial charge on any atom is 0.414 e. The lowest BCUT2D eigenvalue weighted by Crippen LogP contribution is -2.52. The molecule has 9 nitrogen and oxygen atoms in total. The molecule has 33 heavy (non-hydrogen) atoms. The summed E-state index contributed by atoms with van der Waals surface area (Å²) in [6, 6.07) is 14.6. The summed E-state index contributed by atoms with van der Waals surface area (Å²) in [5.74, 6) is -3.16. The number of para-hydroxylation sites is 1. The lowest BCUT2D eigenvalue weighted by atomic mass is 9.95. The maximum absolute atomic E-state index is 13.1. The molecule has 0 aliphatic carbocycles. The Morgan fingerprint density at radius 1 is 0.909 bits per heavy atom. The van der Waals surface area contributed by atoms with Gasteiger partial charge in [-0.1, -0.05) is 24.3 Å². The first kappa shape index (κ1) is 24.2. The van der Waals surface area contributed by atoms with Crippen LogP contribution in [0.4, 0.5) is 5.69 Å². The number of hydrogen-bond acceptors (Lipinski definition) is 6. The predicted octanol–water partition coefficient (Wildman–Crippen LogP) is 1.80. The van der Waals surface area contributed by atoms with Crippen LogP contribution >= 0.6 is 0 Å². The summed E-state index contributed by atoms with van der Waals surface area (Å²) in [6.07, 6.45) is 5.84. The highest BCUT2D eigenvalue weighted by molar-refractivity contribution is 6.27. The summed E-state index contributed by atoms with van der Waals surface area (Å²) in [4.78, 5) is 42.3. The summed E-state index contributed by atoms with van der Waals surface area (Å²) in [5.41, 5.74) is 2.48. The van der Waals surface area contributed by atoms with Crippen molar-refractivity contribution in [2.45, 2.75) is 19.4 Å². The number of hydrogen-bond donors (Lipinski definition) is 2. The number of aromatic nitrogens is 1. The average molecular weight is 455 g/mol. The van der Waals surface area contributed by atoms with E-state index in [0.29, 0.717) is 5.91 Å². The SMILES string of the molecule is O=C(C1CCCN(Cc2cccnc2)C1)N1CCN(c2ccccc2)CC1.O=C(O)C(=O)O. The van der Waals surface area contributed by atoms with Crippen LogP contribution in [0.3, 0.4) is 0 Å². The number of anilines is 1. The van der Waals surface area contributed by atoms with Crippen LogP contribution in [0.1, 0.15) is 18.4 Å². The number of carbonyl (C=O) groups is 3. The molecule has 2 aromatic rings. The van der Waals surface area contributed by atoms with Gasteiger partial charge in [0.05, 0.1) is 5.92 Å². The monoisotopic (exact) mass is 454 g/mol. The molecule has 3 heterocycles. The van der Waals surface area contributed by atoms with Crippen molar-refractivity contribution in [1.29, 1.82) is 0 Å². The highest BCUT2D eigenvalue weighted by Crippen LogP contribution is 2.22. The molecular weight excluding hydrogens is 424 g/mol. The van der Waals surface area contributed by atoms with Crippen molar-refractivity contribution in [3.8, 4) is 0 Å². The third-order valence-electron chi connectivity index (χ3n) is 5.88. The third kappa shape index (κ3) is 7.28. The molecule has 0 radical (unpaired) electrons. The predicted molar refractivity (Wildman–Crippen MR) is 123 cm³/mol. The fraction of sp³-hybridized carbons (Fsp3) is 0.417. The van der Waals surface area contributed by atoms with Crippen molar-refractivity contribution in [3.05, 3.63) is 60.4 Å². The fourth-order valence-corrected chi connectivity index (χ4v) is 4.23. The van der Waals surface area contributed by atoms with Crippen LogP contribution in [0.25, 0.3) is 0 Å². The summed E-state index contributed by atoms with van der Waals surface area (Å²) in [6.45, 7) is 6.32. The number of amides is 1. The maximum atomic E-state index is 13.1. The minimum atomic E-state index is -1.82. The Hall–Kier alpha value is -3.46. The summed E-state index contributed by atoms with van der Waals surface area (Å²) >= 11 is 0. The molecule has 1 unspecified atom stereocenters. The standard InChI is InChI=1S/C22H28N4O.C2H2O4/c27-22(26-14-12-25(13-15-26)21-8-2-1-3-9-21)20-7-5-11-24(18-20)17-19-6-4-10-23-16-19;3-1(4)2(5)6/h1-4,6,8-10,16,20H,5,7,11-15,17-18H2;(H,3,4)(H,5,6). The van der Waals surface area contributed by atoms with E-state index in [4.69, 9.17) is 19.8 Å². The summed E-state index contributed by atoms with van der Waals surface area (Å²) < 4.78 is 0. The van der Waals surface area contributed by atoms with Gasteiger partial charge in [0.1, 0.15) is 0 Å². The number of carboxylic acids is 2. The molecule has 0 spiro atoms. The second kappa shape index (κ2) is 12.0. The molecular formula is C24H30N4O5. The van der Waals surface area contributed by atoms with Gasteiger partial charge in [-0.15, -0.1) is 0 Å². The Balaban J connectivity index is 0.000000454. The first-order chi connectivity index (χ1) is 15.9. The van der Waals surface area contributed by atoms with E-state index in [1.54, 1.807) is 6.20 Å². The molecule has 2 fully saturated rings. The zero-order chi connectivity index (χ0) is 23.6. The molecule has 1 aromatic heterocycles. The van der Waals surface area contributed by atoms with Gasteiger partial charge >= 0.3 is 11.9 Å². The second-order valence-electron chi connectivity index (χ2n) is 8.19. The van der Waals surface area contributed by atoms with Crippen LogP contribution in [0, 0.1) is 5.92 Å². The smallest absolute Gasteiger partial charge is 0.414 e. The lowest BCUT2D eigenvalue weighted by molar-refractivity contribution is -0.159. The highest BCUT2D eigenvalue weighted by atomic mass is 16.4. The minimum absolute atomic E-state index is 0.138. The highest BCUT2D eigenvalue weighted by Gasteiger charge is 2.31. The number of aliphatic carboxylic acids is 2. The van der Waals surface area contributed by atoms with E-state index in [1.165, 1.54) is 11.3 Å². The van der Waals surface area contributed by atoms with E-state index in [-0.39, 0.29) is 5.92 Å². The molecule has 2 aliphatic heterocycles. The van der Waals surface area contributed by atoms with Crippen molar-refractivity contribution in [1.82, 2.24) is 14.8 Å². The number of rotatable bonds is 4. The van der Waals surface area contributed by atoms with Gasteiger partial charge in [-0.2, -0.15) is 0 Å².